The first kappa shape index (κ1) is 20.9. The highest BCUT2D eigenvalue weighted by molar-refractivity contribution is 9.10. The average molecular weight is 402 g/mol. The van der Waals surface area contributed by atoms with E-state index < -0.39 is 0 Å². The Hall–Kier alpha value is -1.14. The van der Waals surface area contributed by atoms with Crippen LogP contribution in [0.2, 0.25) is 0 Å². The molecule has 0 aromatic heterocycles. The summed E-state index contributed by atoms with van der Waals surface area (Å²) in [6, 6.07) is 4.87. The minimum Gasteiger partial charge on any atom is -0.396 e. The number of aliphatic hydroxyl groups is 1. The maximum absolute atomic E-state index is 13.8. The summed E-state index contributed by atoms with van der Waals surface area (Å²) in [5.74, 6) is 0.413. The van der Waals surface area contributed by atoms with Crippen molar-refractivity contribution in [3.05, 3.63) is 34.1 Å². The molecule has 0 heterocycles. The van der Waals surface area contributed by atoms with E-state index in [0.29, 0.717) is 11.5 Å². The molecule has 1 rings (SSSR count). The SMILES string of the molecule is CCNC(=NCc1cc(Br)ccc1F)NCC(CC)(CC)CCO. The van der Waals surface area contributed by atoms with Crippen molar-refractivity contribution in [3.8, 4) is 0 Å². The number of guanidine groups is 1. The highest BCUT2D eigenvalue weighted by atomic mass is 79.9. The Kier molecular flexibility index (Phi) is 9.29. The minimum absolute atomic E-state index is 0.0476. The Morgan fingerprint density at radius 2 is 1.96 bits per heavy atom. The highest BCUT2D eigenvalue weighted by Crippen LogP contribution is 2.29. The summed E-state index contributed by atoms with van der Waals surface area (Å²) in [6.07, 6.45) is 2.72. The lowest BCUT2D eigenvalue weighted by molar-refractivity contribution is 0.169. The molecule has 0 radical (unpaired) electrons. The van der Waals surface area contributed by atoms with Crippen molar-refractivity contribution in [3.63, 3.8) is 0 Å². The molecule has 3 N–H and O–H groups in total. The van der Waals surface area contributed by atoms with E-state index in [1.54, 1.807) is 12.1 Å². The summed E-state index contributed by atoms with van der Waals surface area (Å²) in [5.41, 5.74) is 0.598. The molecule has 0 saturated carbocycles. The zero-order valence-corrected chi connectivity index (χ0v) is 16.4. The molecule has 1 aromatic carbocycles. The molecule has 0 aliphatic rings. The maximum Gasteiger partial charge on any atom is 0.191 e. The summed E-state index contributed by atoms with van der Waals surface area (Å²) in [4.78, 5) is 4.49. The second kappa shape index (κ2) is 10.7. The van der Waals surface area contributed by atoms with Gasteiger partial charge in [0.1, 0.15) is 5.82 Å². The second-order valence-corrected chi connectivity index (χ2v) is 6.88. The molecule has 0 spiro atoms. The van der Waals surface area contributed by atoms with E-state index in [1.165, 1.54) is 6.07 Å². The first-order chi connectivity index (χ1) is 11.5. The van der Waals surface area contributed by atoms with Gasteiger partial charge in [0, 0.05) is 29.7 Å². The van der Waals surface area contributed by atoms with Crippen LogP contribution in [0.5, 0.6) is 0 Å². The predicted octanol–water partition coefficient (Wildman–Crippen LogP) is 3.83. The Labute approximate surface area is 153 Å². The van der Waals surface area contributed by atoms with Gasteiger partial charge in [-0.05, 0) is 49.8 Å². The van der Waals surface area contributed by atoms with Gasteiger partial charge in [-0.1, -0.05) is 29.8 Å². The number of hydrogen-bond acceptors (Lipinski definition) is 2. The smallest absolute Gasteiger partial charge is 0.191 e. The predicted molar refractivity (Wildman–Crippen MR) is 102 cm³/mol. The molecular weight excluding hydrogens is 373 g/mol. The van der Waals surface area contributed by atoms with Crippen LogP contribution in [0.1, 0.15) is 45.6 Å². The Morgan fingerprint density at radius 3 is 2.54 bits per heavy atom. The number of benzene rings is 1. The lowest BCUT2D eigenvalue weighted by Crippen LogP contribution is -2.43. The van der Waals surface area contributed by atoms with Crippen molar-refractivity contribution in [1.29, 1.82) is 0 Å². The zero-order chi connectivity index (χ0) is 18.0. The van der Waals surface area contributed by atoms with Crippen LogP contribution >= 0.6 is 15.9 Å². The van der Waals surface area contributed by atoms with Gasteiger partial charge < -0.3 is 15.7 Å². The van der Waals surface area contributed by atoms with Crippen LogP contribution in [0.3, 0.4) is 0 Å². The molecular formula is C18H29BrFN3O. The number of rotatable bonds is 9. The van der Waals surface area contributed by atoms with Gasteiger partial charge in [0.15, 0.2) is 5.96 Å². The fourth-order valence-electron chi connectivity index (χ4n) is 2.62. The van der Waals surface area contributed by atoms with Gasteiger partial charge in [0.2, 0.25) is 0 Å². The van der Waals surface area contributed by atoms with Crippen molar-refractivity contribution in [2.45, 2.75) is 46.6 Å². The average Bonchev–Trinajstić information content (AvgIpc) is 2.59. The first-order valence-electron chi connectivity index (χ1n) is 8.57. The lowest BCUT2D eigenvalue weighted by Gasteiger charge is -2.32. The Morgan fingerprint density at radius 1 is 1.25 bits per heavy atom. The first-order valence-corrected chi connectivity index (χ1v) is 9.36. The van der Waals surface area contributed by atoms with Crippen LogP contribution in [0, 0.1) is 11.2 Å². The Balaban J connectivity index is 2.80. The molecule has 0 saturated heterocycles. The fourth-order valence-corrected chi connectivity index (χ4v) is 3.03. The molecule has 136 valence electrons. The van der Waals surface area contributed by atoms with E-state index in [-0.39, 0.29) is 24.4 Å². The van der Waals surface area contributed by atoms with Crippen molar-refractivity contribution in [2.24, 2.45) is 10.4 Å². The summed E-state index contributed by atoms with van der Waals surface area (Å²) in [7, 11) is 0. The highest BCUT2D eigenvalue weighted by Gasteiger charge is 2.25. The van der Waals surface area contributed by atoms with Gasteiger partial charge in [0.25, 0.3) is 0 Å². The third kappa shape index (κ3) is 6.40. The molecule has 0 unspecified atom stereocenters. The molecule has 0 fully saturated rings. The third-order valence-electron chi connectivity index (χ3n) is 4.53. The van der Waals surface area contributed by atoms with Gasteiger partial charge in [0.05, 0.1) is 6.54 Å². The van der Waals surface area contributed by atoms with Gasteiger partial charge in [-0.25, -0.2) is 9.38 Å². The normalized spacial score (nSPS) is 12.3. The van der Waals surface area contributed by atoms with Crippen LogP contribution in [0.25, 0.3) is 0 Å². The van der Waals surface area contributed by atoms with Crippen LogP contribution in [0.15, 0.2) is 27.7 Å². The molecule has 1 aromatic rings. The molecule has 0 aliphatic heterocycles. The number of halogens is 2. The zero-order valence-electron chi connectivity index (χ0n) is 14.8. The van der Waals surface area contributed by atoms with E-state index in [9.17, 15) is 9.50 Å². The van der Waals surface area contributed by atoms with E-state index >= 15 is 0 Å². The number of hydrogen-bond donors (Lipinski definition) is 3. The number of aliphatic hydroxyl groups excluding tert-OH is 1. The van der Waals surface area contributed by atoms with Crippen molar-refractivity contribution in [2.75, 3.05) is 19.7 Å². The monoisotopic (exact) mass is 401 g/mol. The molecule has 0 aliphatic carbocycles. The van der Waals surface area contributed by atoms with Crippen molar-refractivity contribution in [1.82, 2.24) is 10.6 Å². The van der Waals surface area contributed by atoms with E-state index in [4.69, 9.17) is 0 Å². The van der Waals surface area contributed by atoms with Crippen LogP contribution in [0.4, 0.5) is 4.39 Å². The summed E-state index contributed by atoms with van der Waals surface area (Å²) >= 11 is 3.36. The number of nitrogens with zero attached hydrogens (tertiary/aromatic N) is 1. The van der Waals surface area contributed by atoms with Crippen molar-refractivity contribution < 1.29 is 9.50 Å². The van der Waals surface area contributed by atoms with Gasteiger partial charge >= 0.3 is 0 Å². The molecule has 0 bridgehead atoms. The van der Waals surface area contributed by atoms with E-state index in [2.05, 4.69) is 45.4 Å². The van der Waals surface area contributed by atoms with Crippen molar-refractivity contribution >= 4 is 21.9 Å². The molecule has 0 amide bonds. The van der Waals surface area contributed by atoms with Gasteiger partial charge in [-0.2, -0.15) is 0 Å². The minimum atomic E-state index is -0.255. The third-order valence-corrected chi connectivity index (χ3v) is 5.03. The molecule has 4 nitrogen and oxygen atoms in total. The summed E-state index contributed by atoms with van der Waals surface area (Å²) in [5, 5.41) is 15.9. The fraction of sp³-hybridized carbons (Fsp3) is 0.611. The number of nitrogens with one attached hydrogen (secondary N) is 2. The summed E-state index contributed by atoms with van der Waals surface area (Å²) < 4.78 is 14.7. The largest absolute Gasteiger partial charge is 0.396 e. The molecule has 6 heteroatoms. The van der Waals surface area contributed by atoms with E-state index in [1.807, 2.05) is 6.92 Å². The van der Waals surface area contributed by atoms with Crippen LogP contribution in [-0.4, -0.2) is 30.8 Å². The maximum atomic E-state index is 13.8. The topological polar surface area (TPSA) is 56.7 Å². The van der Waals surface area contributed by atoms with Crippen LogP contribution < -0.4 is 10.6 Å². The Bertz CT molecular complexity index is 533. The van der Waals surface area contributed by atoms with Gasteiger partial charge in [-0.3, -0.25) is 0 Å². The lowest BCUT2D eigenvalue weighted by atomic mass is 9.79. The number of aliphatic imine (C=N–C) groups is 1. The summed E-state index contributed by atoms with van der Waals surface area (Å²) in [6.45, 7) is 8.19. The van der Waals surface area contributed by atoms with E-state index in [0.717, 1.165) is 36.8 Å². The van der Waals surface area contributed by atoms with Gasteiger partial charge in [-0.15, -0.1) is 0 Å². The quantitative estimate of drug-likeness (QED) is 0.435. The molecule has 24 heavy (non-hydrogen) atoms. The standard InChI is InChI=1S/C18H29BrFN3O/c1-4-18(5-2,9-10-24)13-23-17(21-6-3)22-12-14-11-15(19)7-8-16(14)20/h7-8,11,24H,4-6,9-10,12-13H2,1-3H3,(H2,21,22,23). The molecule has 0 atom stereocenters. The van der Waals surface area contributed by atoms with Crippen LogP contribution in [-0.2, 0) is 6.54 Å². The second-order valence-electron chi connectivity index (χ2n) is 5.97.